The molecule has 6 nitrogen and oxygen atoms in total. The largest absolute Gasteiger partial charge is 0.461 e. The summed E-state index contributed by atoms with van der Waals surface area (Å²) in [6.07, 6.45) is 6.88. The number of anilines is 1. The molecule has 2 bridgehead atoms. The molecule has 9 heteroatoms. The van der Waals surface area contributed by atoms with Gasteiger partial charge in [0.25, 0.3) is 0 Å². The molecule has 3 saturated heterocycles. The summed E-state index contributed by atoms with van der Waals surface area (Å²) in [5, 5.41) is 2.82. The van der Waals surface area contributed by atoms with Crippen LogP contribution in [0.3, 0.4) is 0 Å². The molecule has 1 saturated carbocycles. The zero-order valence-electron chi connectivity index (χ0n) is 23.8. The maximum atomic E-state index is 16.7. The van der Waals surface area contributed by atoms with Crippen LogP contribution in [0.4, 0.5) is 14.6 Å². The van der Waals surface area contributed by atoms with E-state index in [0.717, 1.165) is 48.8 Å². The average Bonchev–Trinajstić information content (AvgIpc) is 3.61. The van der Waals surface area contributed by atoms with Gasteiger partial charge in [-0.3, -0.25) is 9.88 Å². The summed E-state index contributed by atoms with van der Waals surface area (Å²) >= 11 is 6.64. The number of ether oxygens (including phenoxy) is 1. The average molecular weight is 590 g/mol. The molecule has 0 amide bonds. The zero-order chi connectivity index (χ0) is 28.6. The zero-order valence-corrected chi connectivity index (χ0v) is 24.5. The normalized spacial score (nSPS) is 27.3. The first kappa shape index (κ1) is 26.5. The van der Waals surface area contributed by atoms with Crippen LogP contribution < -0.4 is 9.64 Å². The molecule has 0 N–H and O–H groups in total. The monoisotopic (exact) mass is 589 g/mol. The fourth-order valence-electron chi connectivity index (χ4n) is 8.26. The highest BCUT2D eigenvalue weighted by Crippen LogP contribution is 2.43. The molecular formula is C33H34ClF2N5O. The minimum absolute atomic E-state index is 0.141. The lowest BCUT2D eigenvalue weighted by Gasteiger charge is -2.34. The number of aryl methyl sites for hydroxylation is 1. The Balaban J connectivity index is 1.26. The Morgan fingerprint density at radius 2 is 1.95 bits per heavy atom. The van der Waals surface area contributed by atoms with Gasteiger partial charge in [0.05, 0.1) is 10.9 Å². The van der Waals surface area contributed by atoms with Gasteiger partial charge in [-0.2, -0.15) is 9.97 Å². The third-order valence-corrected chi connectivity index (χ3v) is 10.4. The van der Waals surface area contributed by atoms with E-state index in [-0.39, 0.29) is 22.8 Å². The summed E-state index contributed by atoms with van der Waals surface area (Å²) in [6.45, 7) is 5.36. The summed E-state index contributed by atoms with van der Waals surface area (Å²) in [7, 11) is 0. The smallest absolute Gasteiger partial charge is 0.319 e. The molecular weight excluding hydrogens is 556 g/mol. The van der Waals surface area contributed by atoms with Crippen LogP contribution in [0, 0.1) is 24.6 Å². The number of alkyl halides is 1. The van der Waals surface area contributed by atoms with E-state index in [4.69, 9.17) is 21.3 Å². The van der Waals surface area contributed by atoms with E-state index in [9.17, 15) is 4.39 Å². The molecule has 5 heterocycles. The number of piperidine rings is 1. The molecule has 4 fully saturated rings. The van der Waals surface area contributed by atoms with Crippen LogP contribution in [0.15, 0.2) is 36.5 Å². The van der Waals surface area contributed by atoms with Crippen LogP contribution in [0.1, 0.15) is 44.1 Å². The summed E-state index contributed by atoms with van der Waals surface area (Å²) in [5.74, 6) is 1.38. The second kappa shape index (κ2) is 9.98. The maximum Gasteiger partial charge on any atom is 0.319 e. The number of pyridine rings is 1. The van der Waals surface area contributed by atoms with Gasteiger partial charge >= 0.3 is 6.01 Å². The molecule has 42 heavy (non-hydrogen) atoms. The number of rotatable bonds is 5. The Morgan fingerprint density at radius 1 is 1.12 bits per heavy atom. The van der Waals surface area contributed by atoms with Gasteiger partial charge in [0.1, 0.15) is 29.8 Å². The molecule has 2 unspecified atom stereocenters. The fraction of sp³-hybridized carbons (Fsp3) is 0.485. The maximum absolute atomic E-state index is 16.7. The predicted molar refractivity (Wildman–Crippen MR) is 162 cm³/mol. The number of benzene rings is 2. The highest BCUT2D eigenvalue weighted by molar-refractivity contribution is 6.36. The first-order valence-electron chi connectivity index (χ1n) is 15.2. The lowest BCUT2D eigenvalue weighted by Crippen LogP contribution is -2.43. The molecule has 4 aromatic rings. The lowest BCUT2D eigenvalue weighted by atomic mass is 9.95. The molecule has 4 aliphatic rings. The lowest BCUT2D eigenvalue weighted by molar-refractivity contribution is 0.107. The van der Waals surface area contributed by atoms with E-state index in [2.05, 4.69) is 19.8 Å². The number of halogens is 3. The molecule has 0 radical (unpaired) electrons. The van der Waals surface area contributed by atoms with Gasteiger partial charge in [-0.05, 0) is 80.5 Å². The molecule has 218 valence electrons. The highest BCUT2D eigenvalue weighted by Gasteiger charge is 2.49. The minimum Gasteiger partial charge on any atom is -0.461 e. The van der Waals surface area contributed by atoms with Gasteiger partial charge in [0, 0.05) is 48.2 Å². The van der Waals surface area contributed by atoms with E-state index in [1.165, 1.54) is 19.3 Å². The van der Waals surface area contributed by atoms with Crippen molar-refractivity contribution < 1.29 is 13.5 Å². The van der Waals surface area contributed by atoms with Crippen molar-refractivity contribution in [2.75, 3.05) is 37.7 Å². The van der Waals surface area contributed by atoms with Crippen molar-refractivity contribution in [3.63, 3.8) is 0 Å². The van der Waals surface area contributed by atoms with Crippen molar-refractivity contribution in [2.45, 2.75) is 57.2 Å². The Labute approximate surface area is 249 Å². The molecule has 0 spiro atoms. The van der Waals surface area contributed by atoms with Gasteiger partial charge < -0.3 is 9.64 Å². The first-order valence-corrected chi connectivity index (χ1v) is 15.6. The second-order valence-electron chi connectivity index (χ2n) is 13.0. The van der Waals surface area contributed by atoms with E-state index in [0.29, 0.717) is 53.2 Å². The highest BCUT2D eigenvalue weighted by atomic mass is 35.5. The van der Waals surface area contributed by atoms with Gasteiger partial charge in [-0.1, -0.05) is 29.8 Å². The van der Waals surface area contributed by atoms with E-state index >= 15 is 4.39 Å². The quantitative estimate of drug-likeness (QED) is 0.247. The fourth-order valence-corrected chi connectivity index (χ4v) is 8.55. The van der Waals surface area contributed by atoms with Crippen LogP contribution in [-0.4, -0.2) is 64.3 Å². The Hall–Kier alpha value is -3.10. The summed E-state index contributed by atoms with van der Waals surface area (Å²) < 4.78 is 37.4. The van der Waals surface area contributed by atoms with Gasteiger partial charge in [0.15, 0.2) is 5.82 Å². The van der Waals surface area contributed by atoms with Gasteiger partial charge in [0.2, 0.25) is 0 Å². The van der Waals surface area contributed by atoms with Gasteiger partial charge in [-0.25, -0.2) is 8.78 Å². The number of nitrogens with zero attached hydrogens (tertiary/aromatic N) is 5. The van der Waals surface area contributed by atoms with Crippen LogP contribution in [-0.2, 0) is 0 Å². The number of hydrogen-bond donors (Lipinski definition) is 0. The molecule has 2 aromatic carbocycles. The summed E-state index contributed by atoms with van der Waals surface area (Å²) in [4.78, 5) is 18.7. The Morgan fingerprint density at radius 3 is 2.79 bits per heavy atom. The number of aromatic nitrogens is 3. The third kappa shape index (κ3) is 4.32. The van der Waals surface area contributed by atoms with Crippen molar-refractivity contribution >= 4 is 39.1 Å². The molecule has 4 atom stereocenters. The minimum atomic E-state index is -0.854. The van der Waals surface area contributed by atoms with E-state index in [1.807, 2.05) is 37.3 Å². The molecule has 3 aliphatic heterocycles. The van der Waals surface area contributed by atoms with Crippen molar-refractivity contribution in [2.24, 2.45) is 11.8 Å². The van der Waals surface area contributed by atoms with Crippen molar-refractivity contribution in [3.8, 4) is 17.3 Å². The molecule has 8 rings (SSSR count). The standard InChI is InChI=1S/C33H34ClF2N5O/c1-19-10-22-4-2-5-26(34)27(22)24(11-19)29-28(36)30-25(14-37-29)31(40-15-20-6-7-21(12-20)16-40)39-32(38-30)42-18-33-8-3-9-41(33)17-23(35)13-33/h2,4-5,10-11,14,20-21,23H,3,6-9,12-13,15-18H2,1H3/t20?,21?,23-,33+/m1/s1. The van der Waals surface area contributed by atoms with E-state index in [1.54, 1.807) is 6.20 Å². The van der Waals surface area contributed by atoms with Crippen molar-refractivity contribution in [3.05, 3.63) is 52.9 Å². The van der Waals surface area contributed by atoms with Crippen LogP contribution in [0.25, 0.3) is 32.9 Å². The van der Waals surface area contributed by atoms with E-state index < -0.39 is 12.0 Å². The van der Waals surface area contributed by atoms with Gasteiger partial charge in [-0.15, -0.1) is 0 Å². The van der Waals surface area contributed by atoms with Crippen LogP contribution in [0.2, 0.25) is 5.02 Å². The summed E-state index contributed by atoms with van der Waals surface area (Å²) in [5.41, 5.74) is 1.67. The first-order chi connectivity index (χ1) is 20.4. The van der Waals surface area contributed by atoms with Crippen molar-refractivity contribution in [1.29, 1.82) is 0 Å². The number of hydrogen-bond acceptors (Lipinski definition) is 6. The molecule has 1 aliphatic carbocycles. The third-order valence-electron chi connectivity index (χ3n) is 10.1. The van der Waals surface area contributed by atoms with Crippen LogP contribution >= 0.6 is 11.6 Å². The van der Waals surface area contributed by atoms with Crippen LogP contribution in [0.5, 0.6) is 6.01 Å². The van der Waals surface area contributed by atoms with Crippen molar-refractivity contribution in [1.82, 2.24) is 19.9 Å². The topological polar surface area (TPSA) is 54.4 Å². The number of fused-ring (bicyclic) bond motifs is 5. The SMILES string of the molecule is Cc1cc(-c2ncc3c(N4CC5CCC(C5)C4)nc(OC[C@@]45CCCN4C[C@H](F)C5)nc3c2F)c2c(Cl)cccc2c1. The Kier molecular flexibility index (Phi) is 6.30. The Bertz CT molecular complexity index is 1710. The second-order valence-corrected chi connectivity index (χ2v) is 13.4. The summed E-state index contributed by atoms with van der Waals surface area (Å²) in [6, 6.07) is 9.79. The molecule has 2 aromatic heterocycles. The predicted octanol–water partition coefficient (Wildman–Crippen LogP) is 7.14.